The normalized spacial score (nSPS) is 9.80. The smallest absolute Gasteiger partial charge is 0.267 e. The molecular weight excluding hydrogens is 252 g/mol. The molecule has 1 aromatic rings. The van der Waals surface area contributed by atoms with Crippen molar-refractivity contribution in [2.24, 2.45) is 0 Å². The number of rotatable bonds is 3. The van der Waals surface area contributed by atoms with Gasteiger partial charge in [-0.2, -0.15) is 15.8 Å². The molecule has 0 atom stereocenters. The second kappa shape index (κ2) is 5.83. The lowest BCUT2D eigenvalue weighted by molar-refractivity contribution is 0.0854. The average Bonchev–Trinajstić information content (AvgIpc) is 2.47. The number of methoxy groups -OCH3 is 1. The van der Waals surface area contributed by atoms with E-state index in [1.165, 1.54) is 7.11 Å². The first-order chi connectivity index (χ1) is 9.49. The van der Waals surface area contributed by atoms with E-state index in [0.29, 0.717) is 22.3 Å². The molecule has 0 fully saturated rings. The van der Waals surface area contributed by atoms with E-state index in [2.05, 4.69) is 5.87 Å². The van der Waals surface area contributed by atoms with Crippen molar-refractivity contribution in [1.29, 1.82) is 21.2 Å². The van der Waals surface area contributed by atoms with Gasteiger partial charge in [0.05, 0.1) is 0 Å². The summed E-state index contributed by atoms with van der Waals surface area (Å²) in [5.74, 6) is 2.08. The van der Waals surface area contributed by atoms with Gasteiger partial charge in [0.1, 0.15) is 23.8 Å². The Hall–Kier alpha value is -2.90. The van der Waals surface area contributed by atoms with Gasteiger partial charge in [-0.3, -0.25) is 5.41 Å². The van der Waals surface area contributed by atoms with Crippen LogP contribution in [-0.2, 0) is 10.3 Å². The van der Waals surface area contributed by atoms with E-state index in [-0.39, 0.29) is 5.57 Å². The van der Waals surface area contributed by atoms with Gasteiger partial charge in [-0.1, -0.05) is 6.07 Å². The molecule has 0 spiro atoms. The highest BCUT2D eigenvalue weighted by atomic mass is 16.5. The minimum absolute atomic E-state index is 0.106. The highest BCUT2D eigenvalue weighted by Crippen LogP contribution is 2.30. The largest absolute Gasteiger partial charge is 0.348 e. The van der Waals surface area contributed by atoms with E-state index in [1.54, 1.807) is 26.0 Å². The number of allylic oxidation sites excluding steroid dienone is 1. The Morgan fingerprint density at radius 2 is 1.75 bits per heavy atom. The first-order valence-corrected chi connectivity index (χ1v) is 5.69. The average molecular weight is 264 g/mol. The van der Waals surface area contributed by atoms with Crippen LogP contribution in [-0.4, -0.2) is 13.0 Å². The van der Waals surface area contributed by atoms with Crippen LogP contribution < -0.4 is 0 Å². The van der Waals surface area contributed by atoms with Crippen LogP contribution in [0.1, 0.15) is 22.3 Å². The minimum atomic E-state index is -1.67. The molecule has 0 aromatic heterocycles. The summed E-state index contributed by atoms with van der Waals surface area (Å²) >= 11 is 0. The third kappa shape index (κ3) is 2.30. The molecule has 1 rings (SSSR count). The molecule has 5 nitrogen and oxygen atoms in total. The van der Waals surface area contributed by atoms with Crippen LogP contribution in [0.15, 0.2) is 12.1 Å². The Bertz CT molecular complexity index is 708. The van der Waals surface area contributed by atoms with E-state index in [0.717, 1.165) is 0 Å². The molecule has 0 aliphatic heterocycles. The number of ether oxygens (including phenoxy) is 1. The van der Waals surface area contributed by atoms with Crippen LogP contribution in [0, 0.1) is 53.3 Å². The Kier molecular flexibility index (Phi) is 4.42. The van der Waals surface area contributed by atoms with Crippen molar-refractivity contribution in [3.8, 4) is 18.2 Å². The number of nitrogens with zero attached hydrogens (tertiary/aromatic N) is 3. The second-order valence-corrected chi connectivity index (χ2v) is 4.20. The molecule has 0 radical (unpaired) electrons. The van der Waals surface area contributed by atoms with Crippen molar-refractivity contribution in [1.82, 2.24) is 0 Å². The van der Waals surface area contributed by atoms with Gasteiger partial charge in [-0.05, 0) is 36.9 Å². The predicted octanol–water partition coefficient (Wildman–Crippen LogP) is 2.35. The fourth-order valence-electron chi connectivity index (χ4n) is 1.97. The first-order valence-electron chi connectivity index (χ1n) is 5.69. The zero-order valence-electron chi connectivity index (χ0n) is 11.4. The van der Waals surface area contributed by atoms with Gasteiger partial charge in [0.25, 0.3) is 5.60 Å². The molecule has 0 unspecified atom stereocenters. The fourth-order valence-corrected chi connectivity index (χ4v) is 1.97. The van der Waals surface area contributed by atoms with Crippen LogP contribution >= 0.6 is 0 Å². The summed E-state index contributed by atoms with van der Waals surface area (Å²) in [6.45, 7) is 3.46. The lowest BCUT2D eigenvalue weighted by Crippen LogP contribution is -2.25. The first kappa shape index (κ1) is 15.2. The molecule has 0 amide bonds. The van der Waals surface area contributed by atoms with E-state index < -0.39 is 5.60 Å². The summed E-state index contributed by atoms with van der Waals surface area (Å²) < 4.78 is 5.06. The molecule has 20 heavy (non-hydrogen) atoms. The summed E-state index contributed by atoms with van der Waals surface area (Å²) in [5, 5.41) is 34.5. The summed E-state index contributed by atoms with van der Waals surface area (Å²) in [6.07, 6.45) is 0. The van der Waals surface area contributed by atoms with E-state index in [1.807, 2.05) is 18.2 Å². The van der Waals surface area contributed by atoms with Crippen LogP contribution in [0.5, 0.6) is 0 Å². The Labute approximate surface area is 117 Å². The molecule has 98 valence electrons. The Morgan fingerprint density at radius 1 is 1.15 bits per heavy atom. The zero-order chi connectivity index (χ0) is 15.3. The molecule has 0 saturated heterocycles. The number of hydrogen-bond donors (Lipinski definition) is 1. The maximum atomic E-state index is 9.22. The summed E-state index contributed by atoms with van der Waals surface area (Å²) in [7, 11) is 1.30. The van der Waals surface area contributed by atoms with Gasteiger partial charge in [0.2, 0.25) is 0 Å². The van der Waals surface area contributed by atoms with E-state index in [4.69, 9.17) is 15.4 Å². The monoisotopic (exact) mass is 264 g/mol. The van der Waals surface area contributed by atoms with Crippen LogP contribution in [0.3, 0.4) is 0 Å². The molecule has 0 aliphatic carbocycles. The van der Waals surface area contributed by atoms with Crippen LogP contribution in [0.2, 0.25) is 0 Å². The van der Waals surface area contributed by atoms with E-state index in [9.17, 15) is 10.5 Å². The standard InChI is InChI=1S/C15H12N4O/c1-10-5-14(15(8-18,9-19)20-3)11(2)4-13(10)12(6-16)7-17/h4-5,16H,1-3H3. The zero-order valence-corrected chi connectivity index (χ0v) is 11.4. The molecule has 0 aliphatic rings. The summed E-state index contributed by atoms with van der Waals surface area (Å²) in [5.41, 5.74) is 0.744. The highest BCUT2D eigenvalue weighted by Gasteiger charge is 2.34. The lowest BCUT2D eigenvalue weighted by atomic mass is 9.87. The van der Waals surface area contributed by atoms with E-state index >= 15 is 0 Å². The van der Waals surface area contributed by atoms with Crippen molar-refractivity contribution in [2.45, 2.75) is 19.4 Å². The highest BCUT2D eigenvalue weighted by molar-refractivity contribution is 5.97. The van der Waals surface area contributed by atoms with Crippen molar-refractivity contribution >= 4 is 11.4 Å². The molecule has 0 saturated carbocycles. The van der Waals surface area contributed by atoms with Gasteiger partial charge >= 0.3 is 0 Å². The number of nitriles is 3. The van der Waals surface area contributed by atoms with Gasteiger partial charge in [-0.25, -0.2) is 0 Å². The van der Waals surface area contributed by atoms with Gasteiger partial charge in [-0.15, -0.1) is 0 Å². The van der Waals surface area contributed by atoms with Gasteiger partial charge in [0.15, 0.2) is 0 Å². The van der Waals surface area contributed by atoms with Crippen LogP contribution in [0.25, 0.3) is 5.57 Å². The maximum absolute atomic E-state index is 9.22. The second-order valence-electron chi connectivity index (χ2n) is 4.20. The van der Waals surface area contributed by atoms with Gasteiger partial charge in [0, 0.05) is 18.2 Å². The van der Waals surface area contributed by atoms with Crippen molar-refractivity contribution in [3.05, 3.63) is 34.4 Å². The van der Waals surface area contributed by atoms with Crippen LogP contribution in [0.4, 0.5) is 0 Å². The number of benzene rings is 1. The third-order valence-corrected chi connectivity index (χ3v) is 3.08. The molecular formula is C15H12N4O. The van der Waals surface area contributed by atoms with Crippen molar-refractivity contribution in [2.75, 3.05) is 7.11 Å². The third-order valence-electron chi connectivity index (χ3n) is 3.08. The Morgan fingerprint density at radius 3 is 2.15 bits per heavy atom. The fraction of sp³-hybridized carbons (Fsp3) is 0.267. The molecule has 5 heteroatoms. The lowest BCUT2D eigenvalue weighted by Gasteiger charge is -2.21. The quantitative estimate of drug-likeness (QED) is 0.668. The molecule has 1 N–H and O–H groups in total. The summed E-state index contributed by atoms with van der Waals surface area (Å²) in [6, 6.07) is 8.92. The van der Waals surface area contributed by atoms with Crippen molar-refractivity contribution in [3.63, 3.8) is 0 Å². The minimum Gasteiger partial charge on any atom is -0.348 e. The Balaban J connectivity index is 3.64. The van der Waals surface area contributed by atoms with Crippen molar-refractivity contribution < 1.29 is 4.74 Å². The predicted molar refractivity (Wildman–Crippen MR) is 72.6 cm³/mol. The SMILES string of the molecule is COC(C#N)(C#N)c1cc(C)c(C(=C=N)C#N)cc1C. The summed E-state index contributed by atoms with van der Waals surface area (Å²) in [4.78, 5) is 0. The number of nitrogens with one attached hydrogen (secondary N) is 1. The molecule has 1 aromatic carbocycles. The topological polar surface area (TPSA) is 104 Å². The number of aryl methyl sites for hydroxylation is 2. The number of hydrogen-bond acceptors (Lipinski definition) is 5. The maximum Gasteiger partial charge on any atom is 0.267 e. The van der Waals surface area contributed by atoms with Gasteiger partial charge < -0.3 is 4.74 Å². The molecule has 0 heterocycles. The molecule has 0 bridgehead atoms.